The standard InChI is InChI=1S/C20H16.2C19H16/c1-14-6-8-15(9-7-14)16-10-11-18-12-17-4-2-3-5-19(17)20(18)13-16;2*1-15-10-12-17(13-11-15)19-9-5-8-18(14-19)16-6-3-2-4-7-16/h2-11,13H,12H2,1H3;2*2-14H,1H3. The van der Waals surface area contributed by atoms with Gasteiger partial charge in [-0.2, -0.15) is 0 Å². The van der Waals surface area contributed by atoms with Crippen molar-refractivity contribution in [2.24, 2.45) is 0 Å². The minimum Gasteiger partial charge on any atom is -0.0622 e. The van der Waals surface area contributed by atoms with Crippen molar-refractivity contribution in [3.63, 3.8) is 0 Å². The number of hydrogen-bond acceptors (Lipinski definition) is 0. The van der Waals surface area contributed by atoms with E-state index in [0.717, 1.165) is 6.42 Å². The summed E-state index contributed by atoms with van der Waals surface area (Å²) in [6.07, 6.45) is 1.07. The van der Waals surface area contributed by atoms with Crippen molar-refractivity contribution in [3.8, 4) is 66.8 Å². The molecule has 0 radical (unpaired) electrons. The van der Waals surface area contributed by atoms with Crippen molar-refractivity contribution in [2.45, 2.75) is 27.2 Å². The highest BCUT2D eigenvalue weighted by Gasteiger charge is 2.18. The number of rotatable bonds is 5. The predicted molar refractivity (Wildman–Crippen MR) is 249 cm³/mol. The lowest BCUT2D eigenvalue weighted by molar-refractivity contribution is 1.26. The molecule has 58 heavy (non-hydrogen) atoms. The Balaban J connectivity index is 0.000000121. The summed E-state index contributed by atoms with van der Waals surface area (Å²) in [5.74, 6) is 0. The maximum absolute atomic E-state index is 2.34. The van der Waals surface area contributed by atoms with E-state index < -0.39 is 0 Å². The average molecular weight is 745 g/mol. The molecule has 0 saturated heterocycles. The lowest BCUT2D eigenvalue weighted by Gasteiger charge is -2.06. The van der Waals surface area contributed by atoms with Crippen LogP contribution in [0.1, 0.15) is 27.8 Å². The van der Waals surface area contributed by atoms with E-state index >= 15 is 0 Å². The van der Waals surface area contributed by atoms with Crippen LogP contribution in [-0.2, 0) is 6.42 Å². The van der Waals surface area contributed by atoms with Crippen LogP contribution in [0.2, 0.25) is 0 Å². The molecule has 0 aliphatic heterocycles. The number of benzene rings is 9. The van der Waals surface area contributed by atoms with Crippen LogP contribution in [0.3, 0.4) is 0 Å². The van der Waals surface area contributed by atoms with Crippen molar-refractivity contribution in [3.05, 3.63) is 252 Å². The summed E-state index contributed by atoms with van der Waals surface area (Å²) in [6, 6.07) is 80.1. The van der Waals surface area contributed by atoms with Gasteiger partial charge in [0, 0.05) is 0 Å². The molecule has 1 aliphatic rings. The fraction of sp³-hybridized carbons (Fsp3) is 0.0690. The third-order valence-electron chi connectivity index (χ3n) is 10.9. The third kappa shape index (κ3) is 9.15. The first-order valence-electron chi connectivity index (χ1n) is 20.2. The first kappa shape index (κ1) is 37.9. The van der Waals surface area contributed by atoms with E-state index in [9.17, 15) is 0 Å². The van der Waals surface area contributed by atoms with Gasteiger partial charge in [-0.3, -0.25) is 0 Å². The van der Waals surface area contributed by atoms with Crippen LogP contribution in [0.15, 0.2) is 224 Å². The Morgan fingerprint density at radius 3 is 0.966 bits per heavy atom. The van der Waals surface area contributed by atoms with E-state index in [-0.39, 0.29) is 0 Å². The minimum absolute atomic E-state index is 1.07. The van der Waals surface area contributed by atoms with Crippen molar-refractivity contribution in [1.29, 1.82) is 0 Å². The van der Waals surface area contributed by atoms with E-state index in [4.69, 9.17) is 0 Å². The van der Waals surface area contributed by atoms with Crippen LogP contribution in [-0.4, -0.2) is 0 Å². The lowest BCUT2D eigenvalue weighted by atomic mass is 9.98. The molecule has 0 heteroatoms. The Kier molecular flexibility index (Phi) is 11.7. The van der Waals surface area contributed by atoms with Gasteiger partial charge in [-0.25, -0.2) is 0 Å². The third-order valence-corrected chi connectivity index (χ3v) is 10.9. The van der Waals surface area contributed by atoms with Crippen LogP contribution in [0.5, 0.6) is 0 Å². The highest BCUT2D eigenvalue weighted by molar-refractivity contribution is 5.81. The van der Waals surface area contributed by atoms with Gasteiger partial charge in [-0.15, -0.1) is 0 Å². The summed E-state index contributed by atoms with van der Waals surface area (Å²) < 4.78 is 0. The van der Waals surface area contributed by atoms with Gasteiger partial charge in [-0.05, 0) is 123 Å². The highest BCUT2D eigenvalue weighted by atomic mass is 14.2. The molecule has 0 spiro atoms. The normalized spacial score (nSPS) is 10.9. The van der Waals surface area contributed by atoms with Crippen LogP contribution in [0.25, 0.3) is 66.8 Å². The second kappa shape index (κ2) is 17.8. The molecule has 0 atom stereocenters. The topological polar surface area (TPSA) is 0 Å². The average Bonchev–Trinajstić information content (AvgIpc) is 3.66. The maximum Gasteiger partial charge on any atom is -0.00134 e. The fourth-order valence-corrected chi connectivity index (χ4v) is 7.56. The zero-order valence-corrected chi connectivity index (χ0v) is 33.6. The molecule has 0 amide bonds. The molecule has 280 valence electrons. The second-order valence-electron chi connectivity index (χ2n) is 15.2. The first-order valence-corrected chi connectivity index (χ1v) is 20.2. The Morgan fingerprint density at radius 2 is 0.534 bits per heavy atom. The molecule has 0 heterocycles. The van der Waals surface area contributed by atoms with Crippen LogP contribution in [0.4, 0.5) is 0 Å². The van der Waals surface area contributed by atoms with Gasteiger partial charge in [0.1, 0.15) is 0 Å². The zero-order chi connectivity index (χ0) is 39.7. The Hall–Kier alpha value is -7.02. The van der Waals surface area contributed by atoms with Crippen LogP contribution in [0, 0.1) is 20.8 Å². The first-order chi connectivity index (χ1) is 28.5. The van der Waals surface area contributed by atoms with Gasteiger partial charge in [-0.1, -0.05) is 223 Å². The van der Waals surface area contributed by atoms with E-state index in [0.29, 0.717) is 0 Å². The molecule has 9 aromatic rings. The summed E-state index contributed by atoms with van der Waals surface area (Å²) in [4.78, 5) is 0. The molecule has 9 aromatic carbocycles. The lowest BCUT2D eigenvalue weighted by Crippen LogP contribution is -1.83. The summed E-state index contributed by atoms with van der Waals surface area (Å²) >= 11 is 0. The van der Waals surface area contributed by atoms with E-state index in [1.54, 1.807) is 0 Å². The van der Waals surface area contributed by atoms with E-state index in [2.05, 4.69) is 233 Å². The molecular formula is C58H48. The quantitative estimate of drug-likeness (QED) is 0.165. The van der Waals surface area contributed by atoms with E-state index in [1.807, 2.05) is 12.1 Å². The Labute approximate surface area is 344 Å². The summed E-state index contributed by atoms with van der Waals surface area (Å²) in [5.41, 5.74) is 22.3. The van der Waals surface area contributed by atoms with Gasteiger partial charge < -0.3 is 0 Å². The molecule has 0 N–H and O–H groups in total. The van der Waals surface area contributed by atoms with Gasteiger partial charge in [0.15, 0.2) is 0 Å². The van der Waals surface area contributed by atoms with Gasteiger partial charge in [0.25, 0.3) is 0 Å². The van der Waals surface area contributed by atoms with Gasteiger partial charge in [0.05, 0.1) is 0 Å². The number of aryl methyl sites for hydroxylation is 3. The number of fused-ring (bicyclic) bond motifs is 3. The van der Waals surface area contributed by atoms with Gasteiger partial charge in [0.2, 0.25) is 0 Å². The summed E-state index contributed by atoms with van der Waals surface area (Å²) in [7, 11) is 0. The second-order valence-corrected chi connectivity index (χ2v) is 15.2. The molecule has 0 nitrogen and oxygen atoms in total. The Morgan fingerprint density at radius 1 is 0.224 bits per heavy atom. The monoisotopic (exact) mass is 744 g/mol. The SMILES string of the molecule is Cc1ccc(-c2ccc3c(c2)-c2ccccc2C3)cc1.Cc1ccc(-c2cccc(-c3ccccc3)c2)cc1.Cc1ccc(-c2cccc(-c3ccccc3)c2)cc1. The number of hydrogen-bond donors (Lipinski definition) is 0. The Bertz CT molecular complexity index is 2600. The molecule has 0 unspecified atom stereocenters. The van der Waals surface area contributed by atoms with Crippen LogP contribution < -0.4 is 0 Å². The van der Waals surface area contributed by atoms with E-state index in [1.165, 1.54) is 94.6 Å². The molecule has 1 aliphatic carbocycles. The molecule has 0 bridgehead atoms. The van der Waals surface area contributed by atoms with Crippen molar-refractivity contribution >= 4 is 0 Å². The van der Waals surface area contributed by atoms with Crippen molar-refractivity contribution in [2.75, 3.05) is 0 Å². The van der Waals surface area contributed by atoms with Gasteiger partial charge >= 0.3 is 0 Å². The fourth-order valence-electron chi connectivity index (χ4n) is 7.56. The molecular weight excluding hydrogens is 697 g/mol. The largest absolute Gasteiger partial charge is 0.0622 e. The van der Waals surface area contributed by atoms with Crippen molar-refractivity contribution in [1.82, 2.24) is 0 Å². The highest BCUT2D eigenvalue weighted by Crippen LogP contribution is 2.39. The molecule has 10 rings (SSSR count). The summed E-state index contributed by atoms with van der Waals surface area (Å²) in [6.45, 7) is 6.36. The summed E-state index contributed by atoms with van der Waals surface area (Å²) in [5, 5.41) is 0. The minimum atomic E-state index is 1.07. The van der Waals surface area contributed by atoms with Crippen molar-refractivity contribution < 1.29 is 0 Å². The molecule has 0 saturated carbocycles. The maximum atomic E-state index is 2.34. The van der Waals surface area contributed by atoms with Crippen LogP contribution >= 0.6 is 0 Å². The smallest absolute Gasteiger partial charge is 0.00134 e. The molecule has 0 aromatic heterocycles. The zero-order valence-electron chi connectivity index (χ0n) is 33.6. The molecule has 0 fully saturated rings. The predicted octanol–water partition coefficient (Wildman–Crippen LogP) is 15.9.